The molecular formula is C20H16BrNO3S. The van der Waals surface area contributed by atoms with Crippen LogP contribution in [-0.2, 0) is 16.4 Å². The SMILES string of the molecule is COc1ccc(Br)cc1S(=O)(=O)Nc1ccc2c(c1)Cc1ccccc1-2. The molecule has 132 valence electrons. The highest BCUT2D eigenvalue weighted by molar-refractivity contribution is 9.10. The zero-order chi connectivity index (χ0) is 18.3. The molecule has 0 saturated carbocycles. The summed E-state index contributed by atoms with van der Waals surface area (Å²) in [6.07, 6.45) is 0.807. The Morgan fingerprint density at radius 2 is 1.73 bits per heavy atom. The van der Waals surface area contributed by atoms with Crippen LogP contribution in [0, 0.1) is 0 Å². The van der Waals surface area contributed by atoms with E-state index in [2.05, 4.69) is 32.8 Å². The van der Waals surface area contributed by atoms with Gasteiger partial charge in [-0.2, -0.15) is 0 Å². The van der Waals surface area contributed by atoms with E-state index in [0.717, 1.165) is 17.5 Å². The Bertz CT molecular complexity index is 1110. The van der Waals surface area contributed by atoms with Crippen LogP contribution in [0.2, 0.25) is 0 Å². The first-order valence-electron chi connectivity index (χ1n) is 8.05. The van der Waals surface area contributed by atoms with Crippen molar-refractivity contribution in [2.24, 2.45) is 0 Å². The number of nitrogens with one attached hydrogen (secondary N) is 1. The van der Waals surface area contributed by atoms with Crippen molar-refractivity contribution in [1.29, 1.82) is 0 Å². The predicted molar refractivity (Wildman–Crippen MR) is 106 cm³/mol. The Kier molecular flexibility index (Phi) is 4.25. The molecule has 0 amide bonds. The summed E-state index contributed by atoms with van der Waals surface area (Å²) in [6.45, 7) is 0. The van der Waals surface area contributed by atoms with Crippen molar-refractivity contribution in [1.82, 2.24) is 0 Å². The molecule has 0 heterocycles. The van der Waals surface area contributed by atoms with Crippen molar-refractivity contribution in [3.05, 3.63) is 76.3 Å². The average Bonchev–Trinajstić information content (AvgIpc) is 2.99. The van der Waals surface area contributed by atoms with Gasteiger partial charge in [-0.25, -0.2) is 8.42 Å². The van der Waals surface area contributed by atoms with Crippen molar-refractivity contribution in [2.45, 2.75) is 11.3 Å². The molecule has 0 spiro atoms. The maximum Gasteiger partial charge on any atom is 0.265 e. The van der Waals surface area contributed by atoms with E-state index in [1.165, 1.54) is 24.3 Å². The molecule has 3 aromatic rings. The first-order valence-corrected chi connectivity index (χ1v) is 10.3. The number of fused-ring (bicyclic) bond motifs is 3. The summed E-state index contributed by atoms with van der Waals surface area (Å²) in [5, 5.41) is 0. The van der Waals surface area contributed by atoms with Gasteiger partial charge in [0.05, 0.1) is 7.11 Å². The molecule has 3 aromatic carbocycles. The van der Waals surface area contributed by atoms with Gasteiger partial charge in [-0.15, -0.1) is 0 Å². The van der Waals surface area contributed by atoms with Gasteiger partial charge in [0.1, 0.15) is 10.6 Å². The molecular weight excluding hydrogens is 414 g/mol. The summed E-state index contributed by atoms with van der Waals surface area (Å²) >= 11 is 3.31. The molecule has 0 fully saturated rings. The number of halogens is 1. The van der Waals surface area contributed by atoms with Crippen LogP contribution in [-0.4, -0.2) is 15.5 Å². The number of rotatable bonds is 4. The van der Waals surface area contributed by atoms with Gasteiger partial charge < -0.3 is 4.74 Å². The molecule has 0 atom stereocenters. The van der Waals surface area contributed by atoms with Crippen LogP contribution >= 0.6 is 15.9 Å². The van der Waals surface area contributed by atoms with Crippen LogP contribution in [0.15, 0.2) is 70.0 Å². The Balaban J connectivity index is 1.68. The highest BCUT2D eigenvalue weighted by Crippen LogP contribution is 2.38. The third kappa shape index (κ3) is 2.99. The summed E-state index contributed by atoms with van der Waals surface area (Å²) in [6, 6.07) is 18.8. The lowest BCUT2D eigenvalue weighted by Gasteiger charge is -2.13. The first kappa shape index (κ1) is 17.1. The highest BCUT2D eigenvalue weighted by Gasteiger charge is 2.22. The summed E-state index contributed by atoms with van der Waals surface area (Å²) in [5.74, 6) is 0.300. The summed E-state index contributed by atoms with van der Waals surface area (Å²) in [5.41, 5.74) is 5.29. The molecule has 0 radical (unpaired) electrons. The molecule has 4 rings (SSSR count). The fourth-order valence-electron chi connectivity index (χ4n) is 3.28. The molecule has 6 heteroatoms. The second-order valence-electron chi connectivity index (χ2n) is 6.11. The molecule has 1 aliphatic rings. The smallest absolute Gasteiger partial charge is 0.265 e. The second-order valence-corrected chi connectivity index (χ2v) is 8.67. The quantitative estimate of drug-likeness (QED) is 0.505. The number of benzene rings is 3. The van der Waals surface area contributed by atoms with Crippen LogP contribution in [0.3, 0.4) is 0 Å². The first-order chi connectivity index (χ1) is 12.5. The predicted octanol–water partition coefficient (Wildman–Crippen LogP) is 4.83. The zero-order valence-electron chi connectivity index (χ0n) is 14.0. The Labute approximate surface area is 161 Å². The molecule has 0 unspecified atom stereocenters. The number of hydrogen-bond donors (Lipinski definition) is 1. The number of sulfonamides is 1. The lowest BCUT2D eigenvalue weighted by atomic mass is 10.1. The van der Waals surface area contributed by atoms with Crippen LogP contribution in [0.5, 0.6) is 5.75 Å². The standard InChI is InChI=1S/C20H16BrNO3S/c1-25-19-9-6-15(21)12-20(19)26(23,24)22-16-7-8-18-14(11-16)10-13-4-2-3-5-17(13)18/h2-9,11-12,22H,10H2,1H3. The maximum absolute atomic E-state index is 12.8. The van der Waals surface area contributed by atoms with E-state index in [4.69, 9.17) is 4.74 Å². The van der Waals surface area contributed by atoms with Gasteiger partial charge >= 0.3 is 0 Å². The van der Waals surface area contributed by atoms with E-state index in [1.54, 1.807) is 18.2 Å². The minimum Gasteiger partial charge on any atom is -0.495 e. The highest BCUT2D eigenvalue weighted by atomic mass is 79.9. The summed E-state index contributed by atoms with van der Waals surface area (Å²) in [7, 11) is -2.32. The third-order valence-electron chi connectivity index (χ3n) is 4.46. The monoisotopic (exact) mass is 429 g/mol. The second kappa shape index (κ2) is 6.45. The van der Waals surface area contributed by atoms with Crippen LogP contribution < -0.4 is 9.46 Å². The minimum absolute atomic E-state index is 0.0955. The summed E-state index contributed by atoms with van der Waals surface area (Å²) in [4.78, 5) is 0.0955. The van der Waals surface area contributed by atoms with Crippen molar-refractivity contribution in [3.63, 3.8) is 0 Å². The molecule has 0 saturated heterocycles. The number of anilines is 1. The summed E-state index contributed by atoms with van der Waals surface area (Å²) < 4.78 is 34.2. The van der Waals surface area contributed by atoms with Crippen molar-refractivity contribution < 1.29 is 13.2 Å². The van der Waals surface area contributed by atoms with Gasteiger partial charge in [-0.1, -0.05) is 46.3 Å². The maximum atomic E-state index is 12.8. The van der Waals surface area contributed by atoms with Crippen molar-refractivity contribution in [2.75, 3.05) is 11.8 Å². The van der Waals surface area contributed by atoms with Gasteiger partial charge in [0, 0.05) is 10.2 Å². The molecule has 0 aliphatic heterocycles. The van der Waals surface area contributed by atoms with Gasteiger partial charge in [0.15, 0.2) is 0 Å². The Morgan fingerprint density at radius 3 is 2.54 bits per heavy atom. The van der Waals surface area contributed by atoms with Gasteiger partial charge in [-0.05, 0) is 59.0 Å². The van der Waals surface area contributed by atoms with Crippen LogP contribution in [0.4, 0.5) is 5.69 Å². The fraction of sp³-hybridized carbons (Fsp3) is 0.100. The molecule has 0 aromatic heterocycles. The molecule has 26 heavy (non-hydrogen) atoms. The van der Waals surface area contributed by atoms with Crippen molar-refractivity contribution in [3.8, 4) is 16.9 Å². The lowest BCUT2D eigenvalue weighted by molar-refractivity contribution is 0.403. The van der Waals surface area contributed by atoms with Gasteiger partial charge in [-0.3, -0.25) is 4.72 Å². The fourth-order valence-corrected chi connectivity index (χ4v) is 5.04. The average molecular weight is 430 g/mol. The topological polar surface area (TPSA) is 55.4 Å². The normalized spacial score (nSPS) is 12.4. The molecule has 4 nitrogen and oxygen atoms in total. The van der Waals surface area contributed by atoms with E-state index < -0.39 is 10.0 Å². The van der Waals surface area contributed by atoms with E-state index in [1.807, 2.05) is 24.3 Å². The molecule has 1 aliphatic carbocycles. The van der Waals surface area contributed by atoms with E-state index in [0.29, 0.717) is 15.9 Å². The third-order valence-corrected chi connectivity index (χ3v) is 6.36. The van der Waals surface area contributed by atoms with Crippen LogP contribution in [0.1, 0.15) is 11.1 Å². The van der Waals surface area contributed by atoms with Gasteiger partial charge in [0.25, 0.3) is 10.0 Å². The van der Waals surface area contributed by atoms with Crippen LogP contribution in [0.25, 0.3) is 11.1 Å². The Morgan fingerprint density at radius 1 is 0.962 bits per heavy atom. The number of methoxy groups -OCH3 is 1. The lowest BCUT2D eigenvalue weighted by Crippen LogP contribution is -2.14. The van der Waals surface area contributed by atoms with Crippen molar-refractivity contribution >= 4 is 31.6 Å². The van der Waals surface area contributed by atoms with E-state index in [-0.39, 0.29) is 4.90 Å². The number of hydrogen-bond acceptors (Lipinski definition) is 3. The van der Waals surface area contributed by atoms with E-state index in [9.17, 15) is 8.42 Å². The Hall–Kier alpha value is -2.31. The number of ether oxygens (including phenoxy) is 1. The zero-order valence-corrected chi connectivity index (χ0v) is 16.4. The molecule has 1 N–H and O–H groups in total. The van der Waals surface area contributed by atoms with E-state index >= 15 is 0 Å². The molecule has 0 bridgehead atoms. The van der Waals surface area contributed by atoms with Gasteiger partial charge in [0.2, 0.25) is 0 Å². The minimum atomic E-state index is -3.77. The largest absolute Gasteiger partial charge is 0.495 e.